The topological polar surface area (TPSA) is 130 Å². The number of fused-ring (bicyclic) bond motifs is 1. The van der Waals surface area contributed by atoms with E-state index in [1.165, 1.54) is 12.4 Å². The highest BCUT2D eigenvalue weighted by atomic mass is 16.5. The van der Waals surface area contributed by atoms with Crippen molar-refractivity contribution in [3.8, 4) is 39.9 Å². The van der Waals surface area contributed by atoms with Crippen LogP contribution in [0.3, 0.4) is 0 Å². The average molecular weight is 494 g/mol. The quantitative estimate of drug-likeness (QED) is 0.313. The average Bonchev–Trinajstić information content (AvgIpc) is 3.25. The van der Waals surface area contributed by atoms with E-state index in [0.717, 1.165) is 27.9 Å². The second-order valence-electron chi connectivity index (χ2n) is 8.04. The molecule has 0 bridgehead atoms. The Hall–Kier alpha value is -5.25. The molecule has 0 aliphatic heterocycles. The largest absolute Gasteiger partial charge is 0.480 e. The number of carbonyl (C=O) groups is 1. The lowest BCUT2D eigenvalue weighted by Gasteiger charge is -2.10. The van der Waals surface area contributed by atoms with Crippen LogP contribution >= 0.6 is 0 Å². The molecule has 184 valence electrons. The third kappa shape index (κ3) is 4.55. The van der Waals surface area contributed by atoms with Crippen LogP contribution < -0.4 is 20.5 Å². The van der Waals surface area contributed by atoms with Crippen LogP contribution in [-0.2, 0) is 4.79 Å². The molecule has 37 heavy (non-hydrogen) atoms. The van der Waals surface area contributed by atoms with E-state index in [-0.39, 0.29) is 11.9 Å². The first-order valence-corrected chi connectivity index (χ1v) is 11.3. The Morgan fingerprint density at radius 3 is 2.41 bits per heavy atom. The van der Waals surface area contributed by atoms with Gasteiger partial charge in [-0.25, -0.2) is 15.0 Å². The number of amides is 1. The van der Waals surface area contributed by atoms with Gasteiger partial charge in [0.1, 0.15) is 17.6 Å². The smallest absolute Gasteiger partial charge is 0.322 e. The summed E-state index contributed by atoms with van der Waals surface area (Å²) in [5, 5.41) is 7.14. The van der Waals surface area contributed by atoms with E-state index in [2.05, 4.69) is 31.9 Å². The van der Waals surface area contributed by atoms with Gasteiger partial charge in [0.25, 0.3) is 0 Å². The molecule has 5 rings (SSSR count). The minimum Gasteiger partial charge on any atom is -0.480 e. The van der Waals surface area contributed by atoms with Crippen LogP contribution in [0.2, 0.25) is 0 Å². The molecule has 0 aliphatic carbocycles. The summed E-state index contributed by atoms with van der Waals surface area (Å²) in [7, 11) is 1.57. The van der Waals surface area contributed by atoms with Crippen LogP contribution in [0.1, 0.15) is 5.69 Å². The highest BCUT2D eigenvalue weighted by Crippen LogP contribution is 2.45. The number of carbonyl (C=O) groups excluding carboxylic acids is 1. The van der Waals surface area contributed by atoms with Gasteiger partial charge in [-0.3, -0.25) is 4.79 Å². The van der Waals surface area contributed by atoms with Gasteiger partial charge in [0, 0.05) is 23.1 Å². The number of benzene rings is 2. The summed E-state index contributed by atoms with van der Waals surface area (Å²) in [5.41, 5.74) is 11.6. The molecule has 0 atom stereocenters. The van der Waals surface area contributed by atoms with Crippen molar-refractivity contribution in [2.45, 2.75) is 6.92 Å². The number of hydrogen-bond acceptors (Lipinski definition) is 8. The van der Waals surface area contributed by atoms with Crippen molar-refractivity contribution in [2.75, 3.05) is 18.2 Å². The van der Waals surface area contributed by atoms with E-state index >= 15 is 0 Å². The Labute approximate surface area is 212 Å². The molecule has 3 heterocycles. The normalized spacial score (nSPS) is 10.8. The highest BCUT2D eigenvalue weighted by molar-refractivity contribution is 6.02. The van der Waals surface area contributed by atoms with Crippen LogP contribution in [0.5, 0.6) is 17.6 Å². The van der Waals surface area contributed by atoms with Gasteiger partial charge in [-0.2, -0.15) is 9.61 Å². The molecule has 0 spiro atoms. The Balaban J connectivity index is 1.62. The number of hydrogen-bond donors (Lipinski definition) is 2. The molecule has 0 saturated heterocycles. The number of ether oxygens (including phenoxy) is 2. The first-order valence-electron chi connectivity index (χ1n) is 11.3. The Morgan fingerprint density at radius 2 is 1.73 bits per heavy atom. The van der Waals surface area contributed by atoms with Crippen molar-refractivity contribution in [2.24, 2.45) is 0 Å². The summed E-state index contributed by atoms with van der Waals surface area (Å²) in [4.78, 5) is 24.3. The fourth-order valence-electron chi connectivity index (χ4n) is 4.01. The van der Waals surface area contributed by atoms with Gasteiger partial charge in [0.2, 0.25) is 11.8 Å². The van der Waals surface area contributed by atoms with Crippen LogP contribution in [0, 0.1) is 6.92 Å². The van der Waals surface area contributed by atoms with Gasteiger partial charge >= 0.3 is 6.01 Å². The Morgan fingerprint density at radius 1 is 1.03 bits per heavy atom. The summed E-state index contributed by atoms with van der Waals surface area (Å²) >= 11 is 0. The van der Waals surface area contributed by atoms with Gasteiger partial charge in [0.15, 0.2) is 5.82 Å². The number of nitrogen functional groups attached to an aromatic ring is 1. The van der Waals surface area contributed by atoms with Crippen molar-refractivity contribution < 1.29 is 14.3 Å². The van der Waals surface area contributed by atoms with Gasteiger partial charge in [-0.05, 0) is 54.5 Å². The lowest BCUT2D eigenvalue weighted by atomic mass is 9.97. The van der Waals surface area contributed by atoms with E-state index in [9.17, 15) is 4.79 Å². The minimum absolute atomic E-state index is 0.269. The molecule has 0 saturated carbocycles. The third-order valence-electron chi connectivity index (χ3n) is 5.66. The fourth-order valence-corrected chi connectivity index (χ4v) is 4.01. The SMILES string of the molecule is C=CC(=O)Nc1ccc(-c2c(-c3ccc(Oc4nccc(C)n4)cc3)c3c(N)ncnn3c2OC)cc1. The standard InChI is InChI=1S/C27H23N7O3/c1-4-21(35)33-19-9-5-18(6-10-19)23-22(24-25(28)30-15-31-34(24)26(23)36-3)17-7-11-20(12-8-17)37-27-29-14-13-16(2)32-27/h4-15H,1H2,2-3H3,(H,33,35)(H2,28,30,31). The van der Waals surface area contributed by atoms with E-state index in [4.69, 9.17) is 15.2 Å². The molecule has 1 amide bonds. The molecule has 0 aliphatic rings. The minimum atomic E-state index is -0.290. The molecule has 10 nitrogen and oxygen atoms in total. The van der Waals surface area contributed by atoms with E-state index in [1.54, 1.807) is 36.0 Å². The maximum absolute atomic E-state index is 11.7. The van der Waals surface area contributed by atoms with Crippen molar-refractivity contribution in [3.05, 3.63) is 85.5 Å². The van der Waals surface area contributed by atoms with Gasteiger partial charge in [-0.15, -0.1) is 0 Å². The Bertz CT molecular complexity index is 1610. The van der Waals surface area contributed by atoms with E-state index in [0.29, 0.717) is 28.7 Å². The van der Waals surface area contributed by atoms with Crippen molar-refractivity contribution >= 4 is 22.9 Å². The predicted octanol–water partition coefficient (Wildman–Crippen LogP) is 4.67. The number of nitrogens with zero attached hydrogens (tertiary/aromatic N) is 5. The fraction of sp³-hybridized carbons (Fsp3) is 0.0741. The zero-order chi connectivity index (χ0) is 25.9. The number of rotatable bonds is 7. The van der Waals surface area contributed by atoms with Crippen LogP contribution in [0.15, 0.2) is 79.8 Å². The van der Waals surface area contributed by atoms with Gasteiger partial charge in [0.05, 0.1) is 12.7 Å². The number of nitrogens with two attached hydrogens (primary N) is 1. The highest BCUT2D eigenvalue weighted by Gasteiger charge is 2.25. The summed E-state index contributed by atoms with van der Waals surface area (Å²) < 4.78 is 13.2. The summed E-state index contributed by atoms with van der Waals surface area (Å²) in [5.74, 6) is 1.09. The van der Waals surface area contributed by atoms with Crippen molar-refractivity contribution in [3.63, 3.8) is 0 Å². The number of aryl methyl sites for hydroxylation is 1. The zero-order valence-corrected chi connectivity index (χ0v) is 20.2. The maximum Gasteiger partial charge on any atom is 0.322 e. The molecule has 0 fully saturated rings. The van der Waals surface area contributed by atoms with E-state index in [1.807, 2.05) is 43.3 Å². The maximum atomic E-state index is 11.7. The number of methoxy groups -OCH3 is 1. The molecule has 3 aromatic heterocycles. The molecule has 0 radical (unpaired) electrons. The number of anilines is 2. The third-order valence-corrected chi connectivity index (χ3v) is 5.66. The number of nitrogens with one attached hydrogen (secondary N) is 1. The summed E-state index contributed by atoms with van der Waals surface area (Å²) in [6, 6.07) is 16.9. The van der Waals surface area contributed by atoms with Crippen LogP contribution in [0.4, 0.5) is 11.5 Å². The van der Waals surface area contributed by atoms with E-state index < -0.39 is 0 Å². The second-order valence-corrected chi connectivity index (χ2v) is 8.04. The van der Waals surface area contributed by atoms with Gasteiger partial charge in [-0.1, -0.05) is 30.8 Å². The predicted molar refractivity (Wildman–Crippen MR) is 140 cm³/mol. The van der Waals surface area contributed by atoms with Gasteiger partial charge < -0.3 is 20.5 Å². The lowest BCUT2D eigenvalue weighted by Crippen LogP contribution is -2.06. The zero-order valence-electron chi connectivity index (χ0n) is 20.2. The number of aromatic nitrogens is 5. The first kappa shape index (κ1) is 23.5. The van der Waals surface area contributed by atoms with Crippen LogP contribution in [0.25, 0.3) is 27.8 Å². The monoisotopic (exact) mass is 493 g/mol. The van der Waals surface area contributed by atoms with Crippen molar-refractivity contribution in [1.82, 2.24) is 24.6 Å². The van der Waals surface area contributed by atoms with Crippen molar-refractivity contribution in [1.29, 1.82) is 0 Å². The molecule has 2 aromatic carbocycles. The molecular formula is C27H23N7O3. The molecular weight excluding hydrogens is 470 g/mol. The Kier molecular flexibility index (Phi) is 6.21. The van der Waals surface area contributed by atoms with Crippen LogP contribution in [-0.4, -0.2) is 37.6 Å². The second kappa shape index (κ2) is 9.78. The molecule has 10 heteroatoms. The summed E-state index contributed by atoms with van der Waals surface area (Å²) in [6.45, 7) is 5.36. The molecule has 5 aromatic rings. The summed E-state index contributed by atoms with van der Waals surface area (Å²) in [6.07, 6.45) is 4.25. The first-order chi connectivity index (χ1) is 18.0. The molecule has 3 N–H and O–H groups in total. The molecule has 0 unspecified atom stereocenters. The lowest BCUT2D eigenvalue weighted by molar-refractivity contribution is -0.111.